The SMILES string of the molecule is CCCCc1nc2c(N)nc3ccccc3c2n1CCCCNS(=O)(=O)c1ccccc1OC(F)(F)F. The van der Waals surface area contributed by atoms with Crippen LogP contribution in [0.2, 0.25) is 0 Å². The van der Waals surface area contributed by atoms with E-state index in [0.717, 1.165) is 53.6 Å². The van der Waals surface area contributed by atoms with Crippen molar-refractivity contribution in [1.82, 2.24) is 19.3 Å². The average Bonchev–Trinajstić information content (AvgIpc) is 3.21. The minimum atomic E-state index is -5.00. The van der Waals surface area contributed by atoms with E-state index in [4.69, 9.17) is 10.7 Å². The predicted octanol–water partition coefficient (Wildman–Crippen LogP) is 5.17. The van der Waals surface area contributed by atoms with E-state index in [2.05, 4.69) is 25.9 Å². The van der Waals surface area contributed by atoms with E-state index < -0.39 is 27.0 Å². The van der Waals surface area contributed by atoms with Gasteiger partial charge in [0.05, 0.1) is 11.0 Å². The summed E-state index contributed by atoms with van der Waals surface area (Å²) in [6, 6.07) is 12.3. The molecule has 8 nitrogen and oxygen atoms in total. The summed E-state index contributed by atoms with van der Waals surface area (Å²) in [5.74, 6) is 0.476. The van der Waals surface area contributed by atoms with Gasteiger partial charge in [0.25, 0.3) is 0 Å². The van der Waals surface area contributed by atoms with E-state index in [9.17, 15) is 21.6 Å². The molecule has 0 bridgehead atoms. The van der Waals surface area contributed by atoms with Gasteiger partial charge in [-0.15, -0.1) is 13.2 Å². The maximum Gasteiger partial charge on any atom is 0.573 e. The molecule has 0 unspecified atom stereocenters. The van der Waals surface area contributed by atoms with Crippen molar-refractivity contribution >= 4 is 37.8 Å². The fraction of sp³-hybridized carbons (Fsp3) is 0.360. The van der Waals surface area contributed by atoms with Crippen molar-refractivity contribution in [2.24, 2.45) is 0 Å². The number of pyridine rings is 1. The van der Waals surface area contributed by atoms with Crippen molar-refractivity contribution in [3.63, 3.8) is 0 Å². The first-order chi connectivity index (χ1) is 17.6. The van der Waals surface area contributed by atoms with Crippen LogP contribution in [-0.2, 0) is 23.0 Å². The topological polar surface area (TPSA) is 112 Å². The summed E-state index contributed by atoms with van der Waals surface area (Å²) in [6.07, 6.45) is -1.23. The molecule has 0 atom stereocenters. The van der Waals surface area contributed by atoms with Gasteiger partial charge in [-0.05, 0) is 37.5 Å². The Hall–Kier alpha value is -3.38. The van der Waals surface area contributed by atoms with Crippen LogP contribution >= 0.6 is 0 Å². The van der Waals surface area contributed by atoms with E-state index in [1.165, 1.54) is 12.1 Å². The summed E-state index contributed by atoms with van der Waals surface area (Å²) in [5.41, 5.74) is 8.53. The lowest BCUT2D eigenvalue weighted by atomic mass is 10.2. The highest BCUT2D eigenvalue weighted by molar-refractivity contribution is 7.89. The molecule has 0 saturated carbocycles. The summed E-state index contributed by atoms with van der Waals surface area (Å²) in [5, 5.41) is 0.934. The van der Waals surface area contributed by atoms with Crippen molar-refractivity contribution in [3.05, 3.63) is 54.4 Å². The number of halogens is 3. The van der Waals surface area contributed by atoms with Gasteiger partial charge in [0.15, 0.2) is 5.82 Å². The van der Waals surface area contributed by atoms with E-state index in [0.29, 0.717) is 30.7 Å². The van der Waals surface area contributed by atoms with Gasteiger partial charge in [0.1, 0.15) is 22.0 Å². The Morgan fingerprint density at radius 1 is 1.03 bits per heavy atom. The second kappa shape index (κ2) is 10.9. The third-order valence-electron chi connectivity index (χ3n) is 5.91. The van der Waals surface area contributed by atoms with Gasteiger partial charge in [0, 0.05) is 24.9 Å². The van der Waals surface area contributed by atoms with Gasteiger partial charge in [-0.25, -0.2) is 23.1 Å². The Morgan fingerprint density at radius 3 is 2.51 bits per heavy atom. The summed E-state index contributed by atoms with van der Waals surface area (Å²) in [6.45, 7) is 2.71. The number of nitrogen functional groups attached to an aromatic ring is 1. The number of hydrogen-bond acceptors (Lipinski definition) is 6. The summed E-state index contributed by atoms with van der Waals surface area (Å²) in [4.78, 5) is 8.69. The van der Waals surface area contributed by atoms with Crippen molar-refractivity contribution in [2.45, 2.75) is 56.8 Å². The number of unbranched alkanes of at least 4 members (excludes halogenated alkanes) is 2. The monoisotopic (exact) mass is 535 g/mol. The molecule has 0 amide bonds. The minimum absolute atomic E-state index is 0.0457. The second-order valence-corrected chi connectivity index (χ2v) is 10.3. The first-order valence-electron chi connectivity index (χ1n) is 12.0. The van der Waals surface area contributed by atoms with Gasteiger partial charge in [-0.2, -0.15) is 0 Å². The molecule has 0 fully saturated rings. The number of anilines is 1. The van der Waals surface area contributed by atoms with Crippen LogP contribution < -0.4 is 15.2 Å². The zero-order valence-corrected chi connectivity index (χ0v) is 21.1. The Kier molecular flexibility index (Phi) is 7.88. The molecule has 12 heteroatoms. The Balaban J connectivity index is 1.49. The molecular formula is C25H28F3N5O3S. The fourth-order valence-corrected chi connectivity index (χ4v) is 5.43. The Bertz CT molecular complexity index is 1500. The van der Waals surface area contributed by atoms with Crippen molar-refractivity contribution < 1.29 is 26.3 Å². The van der Waals surface area contributed by atoms with Crippen LogP contribution in [0.15, 0.2) is 53.4 Å². The normalized spacial score (nSPS) is 12.4. The van der Waals surface area contributed by atoms with Crippen molar-refractivity contribution in [3.8, 4) is 5.75 Å². The van der Waals surface area contributed by atoms with Crippen LogP contribution in [0.5, 0.6) is 5.75 Å². The molecule has 2 aromatic heterocycles. The largest absolute Gasteiger partial charge is 0.573 e. The lowest BCUT2D eigenvalue weighted by Crippen LogP contribution is -2.27. The molecule has 0 aliphatic carbocycles. The number of rotatable bonds is 11. The minimum Gasteiger partial charge on any atom is -0.404 e. The van der Waals surface area contributed by atoms with E-state index >= 15 is 0 Å². The predicted molar refractivity (Wildman–Crippen MR) is 136 cm³/mol. The van der Waals surface area contributed by atoms with Crippen LogP contribution in [0.25, 0.3) is 21.9 Å². The van der Waals surface area contributed by atoms with Crippen LogP contribution in [0, 0.1) is 0 Å². The first-order valence-corrected chi connectivity index (χ1v) is 13.5. The van der Waals surface area contributed by atoms with Gasteiger partial charge >= 0.3 is 6.36 Å². The highest BCUT2D eigenvalue weighted by Crippen LogP contribution is 2.31. The zero-order chi connectivity index (χ0) is 26.6. The number of aromatic nitrogens is 3. The number of ether oxygens (including phenoxy) is 1. The molecule has 198 valence electrons. The van der Waals surface area contributed by atoms with E-state index in [1.54, 1.807) is 0 Å². The molecule has 4 aromatic rings. The number of nitrogens with zero attached hydrogens (tertiary/aromatic N) is 3. The zero-order valence-electron chi connectivity index (χ0n) is 20.3. The van der Waals surface area contributed by atoms with Gasteiger partial charge < -0.3 is 15.0 Å². The number of hydrogen-bond donors (Lipinski definition) is 2. The molecule has 3 N–H and O–H groups in total. The molecular weight excluding hydrogens is 507 g/mol. The molecule has 0 saturated heterocycles. The van der Waals surface area contributed by atoms with Crippen LogP contribution in [0.1, 0.15) is 38.4 Å². The third-order valence-corrected chi connectivity index (χ3v) is 7.41. The summed E-state index contributed by atoms with van der Waals surface area (Å²) < 4.78 is 71.8. The number of benzene rings is 2. The highest BCUT2D eigenvalue weighted by Gasteiger charge is 2.33. The lowest BCUT2D eigenvalue weighted by Gasteiger charge is -2.14. The van der Waals surface area contributed by atoms with E-state index in [1.807, 2.05) is 24.3 Å². The number of aryl methyl sites for hydroxylation is 2. The average molecular weight is 536 g/mol. The van der Waals surface area contributed by atoms with Gasteiger partial charge in [-0.3, -0.25) is 0 Å². The first kappa shape index (κ1) is 26.7. The van der Waals surface area contributed by atoms with Gasteiger partial charge in [-0.1, -0.05) is 43.7 Å². The molecule has 0 aliphatic heterocycles. The quantitative estimate of drug-likeness (QED) is 0.257. The number of sulfonamides is 1. The molecule has 2 heterocycles. The molecule has 0 radical (unpaired) electrons. The second-order valence-electron chi connectivity index (χ2n) is 8.59. The van der Waals surface area contributed by atoms with E-state index in [-0.39, 0.29) is 6.54 Å². The highest BCUT2D eigenvalue weighted by atomic mass is 32.2. The third kappa shape index (κ3) is 6.13. The Labute approximate surface area is 212 Å². The smallest absolute Gasteiger partial charge is 0.404 e. The summed E-state index contributed by atoms with van der Waals surface area (Å²) >= 11 is 0. The summed E-state index contributed by atoms with van der Waals surface area (Å²) in [7, 11) is -4.21. The maximum absolute atomic E-state index is 12.7. The van der Waals surface area contributed by atoms with Crippen molar-refractivity contribution in [2.75, 3.05) is 12.3 Å². The standard InChI is InChI=1S/C25H28F3N5O3S/c1-2-3-14-21-32-22-23(17-10-4-5-11-18(17)31-24(22)29)33(21)16-9-8-15-30-37(34,35)20-13-7-6-12-19(20)36-25(26,27)28/h4-7,10-13,30H,2-3,8-9,14-16H2,1H3,(H2,29,31). The van der Waals surface area contributed by atoms with Crippen molar-refractivity contribution in [1.29, 1.82) is 0 Å². The fourth-order valence-electron chi connectivity index (χ4n) is 4.23. The number of nitrogens with one attached hydrogen (secondary N) is 1. The number of imidazole rings is 1. The number of fused-ring (bicyclic) bond motifs is 3. The molecule has 0 spiro atoms. The Morgan fingerprint density at radius 2 is 1.76 bits per heavy atom. The molecule has 4 rings (SSSR count). The maximum atomic E-state index is 12.7. The van der Waals surface area contributed by atoms with Crippen LogP contribution in [-0.4, -0.2) is 35.9 Å². The number of alkyl halides is 3. The number of nitrogens with two attached hydrogens (primary N) is 1. The van der Waals surface area contributed by atoms with Crippen LogP contribution in [0.4, 0.5) is 19.0 Å². The molecule has 0 aliphatic rings. The molecule has 2 aromatic carbocycles. The van der Waals surface area contributed by atoms with Gasteiger partial charge in [0.2, 0.25) is 10.0 Å². The lowest BCUT2D eigenvalue weighted by molar-refractivity contribution is -0.275. The number of para-hydroxylation sites is 2. The van der Waals surface area contributed by atoms with Crippen LogP contribution in [0.3, 0.4) is 0 Å². The molecule has 37 heavy (non-hydrogen) atoms.